The molecule has 16 heavy (non-hydrogen) atoms. The van der Waals surface area contributed by atoms with Crippen molar-refractivity contribution in [3.05, 3.63) is 33.2 Å². The van der Waals surface area contributed by atoms with E-state index in [1.165, 1.54) is 0 Å². The second kappa shape index (κ2) is 4.95. The van der Waals surface area contributed by atoms with E-state index >= 15 is 0 Å². The van der Waals surface area contributed by atoms with E-state index in [0.29, 0.717) is 16.8 Å². The Balaban J connectivity index is 2.02. The monoisotopic (exact) mass is 283 g/mol. The number of aromatic nitrogens is 1. The van der Waals surface area contributed by atoms with Crippen molar-refractivity contribution in [2.75, 3.05) is 0 Å². The van der Waals surface area contributed by atoms with Gasteiger partial charge in [-0.3, -0.25) is 9.59 Å². The van der Waals surface area contributed by atoms with Crippen molar-refractivity contribution in [1.82, 2.24) is 4.57 Å². The number of pyridine rings is 1. The summed E-state index contributed by atoms with van der Waals surface area (Å²) in [7, 11) is 0. The van der Waals surface area contributed by atoms with Crippen molar-refractivity contribution in [3.8, 4) is 0 Å². The predicted octanol–water partition coefficient (Wildman–Crippen LogP) is 2.37. The summed E-state index contributed by atoms with van der Waals surface area (Å²) >= 11 is 3.21. The Morgan fingerprint density at radius 1 is 1.44 bits per heavy atom. The maximum atomic E-state index is 11.7. The van der Waals surface area contributed by atoms with Gasteiger partial charge in [-0.1, -0.05) is 0 Å². The van der Waals surface area contributed by atoms with Crippen LogP contribution >= 0.6 is 15.9 Å². The van der Waals surface area contributed by atoms with Crippen LogP contribution in [-0.2, 0) is 11.3 Å². The number of nitrogens with zero attached hydrogens (tertiary/aromatic N) is 1. The second-order valence-electron chi connectivity index (χ2n) is 4.20. The number of halogens is 1. The molecule has 1 fully saturated rings. The van der Waals surface area contributed by atoms with Crippen LogP contribution in [0.1, 0.15) is 25.7 Å². The van der Waals surface area contributed by atoms with Crippen LogP contribution in [0.3, 0.4) is 0 Å². The van der Waals surface area contributed by atoms with Gasteiger partial charge in [-0.2, -0.15) is 0 Å². The minimum atomic E-state index is -0.0204. The lowest BCUT2D eigenvalue weighted by atomic mass is 10.0. The van der Waals surface area contributed by atoms with Gasteiger partial charge in [0.15, 0.2) is 0 Å². The van der Waals surface area contributed by atoms with Crippen LogP contribution in [0.4, 0.5) is 0 Å². The minimum Gasteiger partial charge on any atom is -0.315 e. The molecule has 0 saturated heterocycles. The van der Waals surface area contributed by atoms with Crippen LogP contribution in [-0.4, -0.2) is 10.4 Å². The zero-order valence-electron chi connectivity index (χ0n) is 8.99. The van der Waals surface area contributed by atoms with Crippen molar-refractivity contribution in [3.63, 3.8) is 0 Å². The number of Topliss-reactive ketones (excluding diaryl/α,β-unsaturated/α-hetero) is 1. The molecule has 0 aromatic carbocycles. The zero-order chi connectivity index (χ0) is 11.5. The molecule has 2 rings (SSSR count). The molecule has 1 aliphatic rings. The summed E-state index contributed by atoms with van der Waals surface area (Å²) in [4.78, 5) is 23.1. The summed E-state index contributed by atoms with van der Waals surface area (Å²) in [5, 5.41) is 0. The van der Waals surface area contributed by atoms with Gasteiger partial charge in [0.25, 0.3) is 5.56 Å². The Hall–Kier alpha value is -0.900. The first-order valence-electron chi connectivity index (χ1n) is 5.56. The van der Waals surface area contributed by atoms with Crippen molar-refractivity contribution in [1.29, 1.82) is 0 Å². The summed E-state index contributed by atoms with van der Waals surface area (Å²) in [6.45, 7) is 0.634. The molecule has 0 radical (unpaired) electrons. The first-order chi connectivity index (χ1) is 7.68. The second-order valence-corrected chi connectivity index (χ2v) is 5.05. The zero-order valence-corrected chi connectivity index (χ0v) is 10.6. The van der Waals surface area contributed by atoms with Crippen molar-refractivity contribution in [2.24, 2.45) is 5.92 Å². The van der Waals surface area contributed by atoms with Crippen LogP contribution in [0.25, 0.3) is 0 Å². The first-order valence-corrected chi connectivity index (χ1v) is 6.35. The summed E-state index contributed by atoms with van der Waals surface area (Å²) in [6.07, 6.45) is 5.28. The van der Waals surface area contributed by atoms with Gasteiger partial charge in [0.05, 0.1) is 4.47 Å². The Kier molecular flexibility index (Phi) is 3.59. The van der Waals surface area contributed by atoms with Gasteiger partial charge >= 0.3 is 0 Å². The topological polar surface area (TPSA) is 39.1 Å². The van der Waals surface area contributed by atoms with E-state index in [-0.39, 0.29) is 11.5 Å². The van der Waals surface area contributed by atoms with E-state index < -0.39 is 0 Å². The number of hydrogen-bond acceptors (Lipinski definition) is 2. The Morgan fingerprint density at radius 3 is 2.94 bits per heavy atom. The van der Waals surface area contributed by atoms with Gasteiger partial charge in [-0.05, 0) is 47.3 Å². The van der Waals surface area contributed by atoms with Gasteiger partial charge in [0.2, 0.25) is 0 Å². The SMILES string of the molecule is O=C1CCCC1CCn1cccc(Br)c1=O. The minimum absolute atomic E-state index is 0.0204. The molecular formula is C12H14BrNO2. The van der Waals surface area contributed by atoms with Crippen LogP contribution < -0.4 is 5.56 Å². The van der Waals surface area contributed by atoms with Crippen molar-refractivity contribution >= 4 is 21.7 Å². The molecule has 0 aliphatic heterocycles. The van der Waals surface area contributed by atoms with Crippen LogP contribution in [0.2, 0.25) is 0 Å². The summed E-state index contributed by atoms with van der Waals surface area (Å²) in [5.74, 6) is 0.536. The van der Waals surface area contributed by atoms with E-state index in [1.807, 2.05) is 6.07 Å². The third-order valence-electron chi connectivity index (χ3n) is 3.12. The molecule has 1 heterocycles. The summed E-state index contributed by atoms with van der Waals surface area (Å²) in [6, 6.07) is 3.57. The van der Waals surface area contributed by atoms with Crippen molar-refractivity contribution < 1.29 is 4.79 Å². The maximum absolute atomic E-state index is 11.7. The maximum Gasteiger partial charge on any atom is 0.264 e. The molecule has 1 aliphatic carbocycles. The molecule has 1 saturated carbocycles. The average molecular weight is 284 g/mol. The number of hydrogen-bond donors (Lipinski definition) is 0. The lowest BCUT2D eigenvalue weighted by Crippen LogP contribution is -2.21. The predicted molar refractivity (Wildman–Crippen MR) is 65.4 cm³/mol. The molecular weight excluding hydrogens is 270 g/mol. The fraction of sp³-hybridized carbons (Fsp3) is 0.500. The molecule has 0 bridgehead atoms. The highest BCUT2D eigenvalue weighted by Gasteiger charge is 2.23. The third kappa shape index (κ3) is 2.43. The molecule has 0 spiro atoms. The van der Waals surface area contributed by atoms with Gasteiger partial charge in [0.1, 0.15) is 5.78 Å². The van der Waals surface area contributed by atoms with Crippen LogP contribution in [0, 0.1) is 5.92 Å². The first kappa shape index (κ1) is 11.6. The van der Waals surface area contributed by atoms with Crippen molar-refractivity contribution in [2.45, 2.75) is 32.2 Å². The number of ketones is 1. The van der Waals surface area contributed by atoms with E-state index in [4.69, 9.17) is 0 Å². The van der Waals surface area contributed by atoms with Crippen LogP contribution in [0.15, 0.2) is 27.6 Å². The molecule has 86 valence electrons. The standard InChI is InChI=1S/C12H14BrNO2/c13-10-4-2-7-14(12(10)16)8-6-9-3-1-5-11(9)15/h2,4,7,9H,1,3,5-6,8H2. The highest BCUT2D eigenvalue weighted by molar-refractivity contribution is 9.10. The number of carbonyl (C=O) groups excluding carboxylic acids is 1. The third-order valence-corrected chi connectivity index (χ3v) is 3.73. The molecule has 4 heteroatoms. The lowest BCUT2D eigenvalue weighted by Gasteiger charge is -2.09. The quantitative estimate of drug-likeness (QED) is 0.854. The Labute approximate surface area is 103 Å². The van der Waals surface area contributed by atoms with Crippen LogP contribution in [0.5, 0.6) is 0 Å². The lowest BCUT2D eigenvalue weighted by molar-refractivity contribution is -0.120. The Bertz CT molecular complexity index is 453. The van der Waals surface area contributed by atoms with Gasteiger partial charge in [-0.25, -0.2) is 0 Å². The molecule has 1 aromatic rings. The summed E-state index contributed by atoms with van der Waals surface area (Å²) in [5.41, 5.74) is -0.0204. The van der Waals surface area contributed by atoms with E-state index in [1.54, 1.807) is 16.8 Å². The van der Waals surface area contributed by atoms with E-state index in [9.17, 15) is 9.59 Å². The summed E-state index contributed by atoms with van der Waals surface area (Å²) < 4.78 is 2.24. The smallest absolute Gasteiger partial charge is 0.264 e. The van der Waals surface area contributed by atoms with E-state index in [2.05, 4.69) is 15.9 Å². The normalized spacial score (nSPS) is 20.3. The molecule has 1 atom stereocenters. The van der Waals surface area contributed by atoms with Gasteiger partial charge in [-0.15, -0.1) is 0 Å². The fourth-order valence-corrected chi connectivity index (χ4v) is 2.55. The van der Waals surface area contributed by atoms with Gasteiger partial charge < -0.3 is 4.57 Å². The number of rotatable bonds is 3. The number of aryl methyl sites for hydroxylation is 1. The molecule has 3 nitrogen and oxygen atoms in total. The largest absolute Gasteiger partial charge is 0.315 e. The molecule has 0 N–H and O–H groups in total. The highest BCUT2D eigenvalue weighted by atomic mass is 79.9. The molecule has 1 aromatic heterocycles. The van der Waals surface area contributed by atoms with Gasteiger partial charge in [0, 0.05) is 25.1 Å². The molecule has 1 unspecified atom stereocenters. The Morgan fingerprint density at radius 2 is 2.25 bits per heavy atom. The highest BCUT2D eigenvalue weighted by Crippen LogP contribution is 2.24. The number of carbonyl (C=O) groups is 1. The van der Waals surface area contributed by atoms with E-state index in [0.717, 1.165) is 25.7 Å². The molecule has 0 amide bonds. The fourth-order valence-electron chi connectivity index (χ4n) is 2.17. The average Bonchev–Trinajstić information content (AvgIpc) is 2.67.